The number of aromatic hydroxyl groups is 1. The smallest absolute Gasteiger partial charge is 0.255 e. The molecule has 0 aliphatic heterocycles. The van der Waals surface area contributed by atoms with Crippen molar-refractivity contribution in [2.24, 2.45) is 0 Å². The normalized spacial score (nSPS) is 12.1. The first kappa shape index (κ1) is 12.8. The monoisotopic (exact) mass is 263 g/mol. The Hall–Kier alpha value is -2.64. The number of H-pyrrole nitrogens is 1. The van der Waals surface area contributed by atoms with Crippen molar-refractivity contribution in [2.45, 2.75) is 19.9 Å². The number of rotatable bonds is 3. The highest BCUT2D eigenvalue weighted by atomic mass is 16.3. The van der Waals surface area contributed by atoms with Gasteiger partial charge in [-0.1, -0.05) is 0 Å². The van der Waals surface area contributed by atoms with Crippen LogP contribution in [0.2, 0.25) is 0 Å². The van der Waals surface area contributed by atoms with Gasteiger partial charge in [0.15, 0.2) is 0 Å². The molecule has 0 saturated carbocycles. The average molecular weight is 263 g/mol. The Balaban J connectivity index is 2.27. The number of aromatic amines is 1. The molecule has 8 nitrogen and oxygen atoms in total. The summed E-state index contributed by atoms with van der Waals surface area (Å²) < 4.78 is 1.28. The van der Waals surface area contributed by atoms with E-state index in [0.717, 1.165) is 6.07 Å². The molecule has 0 bridgehead atoms. The Morgan fingerprint density at radius 2 is 2.26 bits per heavy atom. The number of pyridine rings is 1. The number of aryl methyl sites for hydroxylation is 1. The molecule has 100 valence electrons. The van der Waals surface area contributed by atoms with Gasteiger partial charge >= 0.3 is 0 Å². The van der Waals surface area contributed by atoms with Gasteiger partial charge in [-0.3, -0.25) is 14.9 Å². The van der Waals surface area contributed by atoms with E-state index in [1.165, 1.54) is 17.0 Å². The second-order valence-corrected chi connectivity index (χ2v) is 4.06. The van der Waals surface area contributed by atoms with Crippen LogP contribution in [0.3, 0.4) is 0 Å². The van der Waals surface area contributed by atoms with E-state index in [1.54, 1.807) is 13.8 Å². The Morgan fingerprint density at radius 1 is 1.53 bits per heavy atom. The van der Waals surface area contributed by atoms with Crippen LogP contribution in [0.4, 0.5) is 5.95 Å². The van der Waals surface area contributed by atoms with Crippen molar-refractivity contribution in [1.82, 2.24) is 19.7 Å². The largest absolute Gasteiger partial charge is 0.508 e. The summed E-state index contributed by atoms with van der Waals surface area (Å²) >= 11 is 0. The van der Waals surface area contributed by atoms with Crippen LogP contribution < -0.4 is 10.9 Å². The maximum Gasteiger partial charge on any atom is 0.255 e. The van der Waals surface area contributed by atoms with Gasteiger partial charge in [0.25, 0.3) is 5.56 Å². The van der Waals surface area contributed by atoms with Gasteiger partial charge in [-0.2, -0.15) is 10.1 Å². The lowest BCUT2D eigenvalue weighted by molar-refractivity contribution is -0.119. The molecule has 3 N–H and O–H groups in total. The third-order valence-corrected chi connectivity index (χ3v) is 2.67. The second-order valence-electron chi connectivity index (χ2n) is 4.06. The van der Waals surface area contributed by atoms with Crippen LogP contribution in [-0.4, -0.2) is 30.8 Å². The predicted molar refractivity (Wildman–Crippen MR) is 66.8 cm³/mol. The van der Waals surface area contributed by atoms with Gasteiger partial charge in [0.2, 0.25) is 11.9 Å². The number of hydrogen-bond acceptors (Lipinski definition) is 5. The number of carbonyl (C=O) groups is 1. The van der Waals surface area contributed by atoms with E-state index < -0.39 is 17.5 Å². The predicted octanol–water partition coefficient (Wildman–Crippen LogP) is 0.180. The first-order valence-corrected chi connectivity index (χ1v) is 5.57. The van der Waals surface area contributed by atoms with Gasteiger partial charge in [-0.25, -0.2) is 5.10 Å². The molecular weight excluding hydrogens is 250 g/mol. The van der Waals surface area contributed by atoms with E-state index in [-0.39, 0.29) is 11.7 Å². The third-order valence-electron chi connectivity index (χ3n) is 2.67. The van der Waals surface area contributed by atoms with E-state index in [1.807, 2.05) is 0 Å². The Kier molecular flexibility index (Phi) is 3.32. The maximum atomic E-state index is 12.0. The summed E-state index contributed by atoms with van der Waals surface area (Å²) in [5, 5.41) is 17.9. The summed E-state index contributed by atoms with van der Waals surface area (Å²) in [7, 11) is 0. The van der Waals surface area contributed by atoms with Crippen LogP contribution in [0.15, 0.2) is 23.3 Å². The summed E-state index contributed by atoms with van der Waals surface area (Å²) in [6, 6.07) is 1.74. The zero-order chi connectivity index (χ0) is 14.0. The van der Waals surface area contributed by atoms with Crippen LogP contribution in [0.25, 0.3) is 0 Å². The molecule has 0 radical (unpaired) electrons. The van der Waals surface area contributed by atoms with Crippen LogP contribution >= 0.6 is 0 Å². The van der Waals surface area contributed by atoms with Crippen molar-refractivity contribution >= 4 is 11.9 Å². The zero-order valence-electron chi connectivity index (χ0n) is 10.4. The lowest BCUT2D eigenvalue weighted by atomic mass is 10.2. The van der Waals surface area contributed by atoms with E-state index in [0.29, 0.717) is 5.69 Å². The molecule has 2 rings (SSSR count). The van der Waals surface area contributed by atoms with E-state index in [2.05, 4.69) is 20.5 Å². The lowest BCUT2D eigenvalue weighted by Crippen LogP contribution is -2.32. The molecule has 0 spiro atoms. The van der Waals surface area contributed by atoms with Crippen LogP contribution in [-0.2, 0) is 4.79 Å². The zero-order valence-corrected chi connectivity index (χ0v) is 10.4. The number of amides is 1. The quantitative estimate of drug-likeness (QED) is 0.731. The molecule has 0 aromatic carbocycles. The summed E-state index contributed by atoms with van der Waals surface area (Å²) in [5.41, 5.74) is 0.0444. The fraction of sp³-hybridized carbons (Fsp3) is 0.273. The van der Waals surface area contributed by atoms with Crippen molar-refractivity contribution in [3.8, 4) is 5.75 Å². The maximum absolute atomic E-state index is 12.0. The number of aromatic nitrogens is 4. The molecule has 2 aromatic rings. The highest BCUT2D eigenvalue weighted by molar-refractivity contribution is 5.91. The second kappa shape index (κ2) is 4.92. The molecule has 1 amide bonds. The molecule has 2 heterocycles. The minimum Gasteiger partial charge on any atom is -0.508 e. The van der Waals surface area contributed by atoms with Crippen molar-refractivity contribution in [1.29, 1.82) is 0 Å². The molecular formula is C11H13N5O3. The molecule has 0 saturated heterocycles. The van der Waals surface area contributed by atoms with Crippen LogP contribution in [0.5, 0.6) is 5.75 Å². The van der Waals surface area contributed by atoms with Gasteiger partial charge in [0.1, 0.15) is 18.1 Å². The van der Waals surface area contributed by atoms with Crippen molar-refractivity contribution in [3.05, 3.63) is 34.5 Å². The fourth-order valence-corrected chi connectivity index (χ4v) is 1.80. The number of hydrogen-bond donors (Lipinski definition) is 3. The number of anilines is 1. The summed E-state index contributed by atoms with van der Waals surface area (Å²) in [4.78, 5) is 27.5. The standard InChI is InChI=1S/C11H13N5O3/c1-6-3-8(17)4-9(18)16(6)7(2)10(19)14-11-12-5-13-15-11/h3-5,7,17H,1-2H3,(H2,12,13,14,15,19)/t7-/m0/s1. The van der Waals surface area contributed by atoms with Gasteiger partial charge in [-0.15, -0.1) is 0 Å². The molecule has 1 atom stereocenters. The van der Waals surface area contributed by atoms with Gasteiger partial charge in [-0.05, 0) is 19.9 Å². The molecule has 0 aliphatic carbocycles. The Bertz CT molecular complexity index is 647. The first-order valence-electron chi connectivity index (χ1n) is 5.57. The highest BCUT2D eigenvalue weighted by Gasteiger charge is 2.19. The lowest BCUT2D eigenvalue weighted by Gasteiger charge is -2.16. The van der Waals surface area contributed by atoms with Crippen molar-refractivity contribution in [3.63, 3.8) is 0 Å². The van der Waals surface area contributed by atoms with Crippen molar-refractivity contribution < 1.29 is 9.90 Å². The molecule has 8 heteroatoms. The van der Waals surface area contributed by atoms with Crippen LogP contribution in [0.1, 0.15) is 18.7 Å². The summed E-state index contributed by atoms with van der Waals surface area (Å²) in [5.74, 6) is -0.324. The molecule has 0 fully saturated rings. The minimum absolute atomic E-state index is 0.124. The van der Waals surface area contributed by atoms with E-state index in [4.69, 9.17) is 0 Å². The van der Waals surface area contributed by atoms with Gasteiger partial charge in [0, 0.05) is 11.8 Å². The van der Waals surface area contributed by atoms with E-state index >= 15 is 0 Å². The van der Waals surface area contributed by atoms with Crippen molar-refractivity contribution in [2.75, 3.05) is 5.32 Å². The van der Waals surface area contributed by atoms with E-state index in [9.17, 15) is 14.7 Å². The third kappa shape index (κ3) is 2.62. The number of nitrogens with one attached hydrogen (secondary N) is 2. The SMILES string of the molecule is Cc1cc(O)cc(=O)n1[C@@H](C)C(=O)Nc1ncn[nH]1. The minimum atomic E-state index is -0.738. The summed E-state index contributed by atoms with van der Waals surface area (Å²) in [6.07, 6.45) is 1.26. The summed E-state index contributed by atoms with van der Waals surface area (Å²) in [6.45, 7) is 3.22. The van der Waals surface area contributed by atoms with Gasteiger partial charge in [0.05, 0.1) is 0 Å². The molecule has 0 aliphatic rings. The molecule has 0 unspecified atom stereocenters. The Labute approximate surface area is 108 Å². The fourth-order valence-electron chi connectivity index (χ4n) is 1.80. The first-order chi connectivity index (χ1) is 8.99. The topological polar surface area (TPSA) is 113 Å². The molecule has 19 heavy (non-hydrogen) atoms. The highest BCUT2D eigenvalue weighted by Crippen LogP contribution is 2.13. The Morgan fingerprint density at radius 3 is 2.84 bits per heavy atom. The van der Waals surface area contributed by atoms with Gasteiger partial charge < -0.3 is 9.67 Å². The number of nitrogens with zero attached hydrogens (tertiary/aromatic N) is 3. The molecule has 2 aromatic heterocycles. The average Bonchev–Trinajstić information content (AvgIpc) is 2.80. The van der Waals surface area contributed by atoms with Crippen LogP contribution in [0, 0.1) is 6.92 Å². The number of carbonyl (C=O) groups excluding carboxylic acids is 1.